The molecule has 1 heterocycles. The Bertz CT molecular complexity index is 1100. The average molecular weight is 401 g/mol. The highest BCUT2D eigenvalue weighted by molar-refractivity contribution is 5.92. The predicted molar refractivity (Wildman–Crippen MR) is 115 cm³/mol. The van der Waals surface area contributed by atoms with Crippen molar-refractivity contribution in [3.05, 3.63) is 71.7 Å². The SMILES string of the molecule is C[C@@H](C(=O)Nc1ccc(C#N)cc1)C1CCC(c2ccnc3cc(F)ccc23)CC1. The number of amides is 1. The van der Waals surface area contributed by atoms with E-state index in [0.717, 1.165) is 36.8 Å². The molecule has 0 radical (unpaired) electrons. The van der Waals surface area contributed by atoms with Crippen LogP contribution < -0.4 is 5.32 Å². The van der Waals surface area contributed by atoms with Crippen LogP contribution in [0.25, 0.3) is 10.9 Å². The highest BCUT2D eigenvalue weighted by Crippen LogP contribution is 2.40. The monoisotopic (exact) mass is 401 g/mol. The molecular formula is C25H24FN3O. The van der Waals surface area contributed by atoms with Crippen molar-refractivity contribution in [2.24, 2.45) is 11.8 Å². The second kappa shape index (κ2) is 8.62. The average Bonchev–Trinajstić information content (AvgIpc) is 2.78. The van der Waals surface area contributed by atoms with Crippen molar-refractivity contribution < 1.29 is 9.18 Å². The Morgan fingerprint density at radius 3 is 2.57 bits per heavy atom. The Hall–Kier alpha value is -3.26. The van der Waals surface area contributed by atoms with E-state index in [1.807, 2.05) is 19.1 Å². The number of anilines is 1. The van der Waals surface area contributed by atoms with E-state index in [-0.39, 0.29) is 17.6 Å². The minimum atomic E-state index is -0.266. The number of hydrogen-bond donors (Lipinski definition) is 1. The zero-order valence-corrected chi connectivity index (χ0v) is 16.9. The summed E-state index contributed by atoms with van der Waals surface area (Å²) in [5.74, 6) is 0.423. The number of hydrogen-bond acceptors (Lipinski definition) is 3. The van der Waals surface area contributed by atoms with Crippen LogP contribution in [0.2, 0.25) is 0 Å². The minimum absolute atomic E-state index is 0.0213. The first kappa shape index (κ1) is 20.0. The number of nitriles is 1. The molecule has 4 nitrogen and oxygen atoms in total. The molecule has 5 heteroatoms. The zero-order valence-electron chi connectivity index (χ0n) is 16.9. The molecule has 2 aromatic carbocycles. The molecule has 1 amide bonds. The number of aromatic nitrogens is 1. The predicted octanol–water partition coefficient (Wildman–Crippen LogP) is 5.79. The van der Waals surface area contributed by atoms with E-state index in [1.165, 1.54) is 17.7 Å². The number of pyridine rings is 1. The largest absolute Gasteiger partial charge is 0.326 e. The van der Waals surface area contributed by atoms with Gasteiger partial charge in [-0.3, -0.25) is 9.78 Å². The van der Waals surface area contributed by atoms with E-state index in [0.29, 0.717) is 22.9 Å². The molecule has 0 aliphatic heterocycles. The molecule has 0 bridgehead atoms. The van der Waals surface area contributed by atoms with Gasteiger partial charge >= 0.3 is 0 Å². The van der Waals surface area contributed by atoms with Crippen LogP contribution in [0, 0.1) is 29.0 Å². The highest BCUT2D eigenvalue weighted by atomic mass is 19.1. The van der Waals surface area contributed by atoms with Crippen molar-refractivity contribution in [3.63, 3.8) is 0 Å². The lowest BCUT2D eigenvalue weighted by molar-refractivity contribution is -0.121. The van der Waals surface area contributed by atoms with E-state index < -0.39 is 0 Å². The Morgan fingerprint density at radius 2 is 1.87 bits per heavy atom. The van der Waals surface area contributed by atoms with Gasteiger partial charge in [0.05, 0.1) is 17.1 Å². The van der Waals surface area contributed by atoms with Crippen LogP contribution in [0.5, 0.6) is 0 Å². The third kappa shape index (κ3) is 4.18. The molecule has 152 valence electrons. The molecule has 1 aliphatic carbocycles. The third-order valence-corrected chi connectivity index (χ3v) is 6.35. The van der Waals surface area contributed by atoms with Crippen LogP contribution in [0.3, 0.4) is 0 Å². The lowest BCUT2D eigenvalue weighted by Crippen LogP contribution is -2.29. The van der Waals surface area contributed by atoms with Crippen LogP contribution in [0.1, 0.15) is 49.7 Å². The van der Waals surface area contributed by atoms with E-state index in [9.17, 15) is 9.18 Å². The van der Waals surface area contributed by atoms with Gasteiger partial charge in [-0.25, -0.2) is 4.39 Å². The van der Waals surface area contributed by atoms with Crippen molar-refractivity contribution in [1.29, 1.82) is 5.26 Å². The van der Waals surface area contributed by atoms with E-state index in [4.69, 9.17) is 5.26 Å². The summed E-state index contributed by atoms with van der Waals surface area (Å²) in [5.41, 5.74) is 3.22. The smallest absolute Gasteiger partial charge is 0.227 e. The number of nitrogens with zero attached hydrogens (tertiary/aromatic N) is 2. The summed E-state index contributed by atoms with van der Waals surface area (Å²) in [6.45, 7) is 1.99. The summed E-state index contributed by atoms with van der Waals surface area (Å²) in [5, 5.41) is 12.9. The Labute approximate surface area is 175 Å². The van der Waals surface area contributed by atoms with Crippen LogP contribution in [-0.4, -0.2) is 10.9 Å². The van der Waals surface area contributed by atoms with Gasteiger partial charge in [-0.2, -0.15) is 5.26 Å². The fraction of sp³-hybridized carbons (Fsp3) is 0.320. The maximum Gasteiger partial charge on any atom is 0.227 e. The summed E-state index contributed by atoms with van der Waals surface area (Å²) in [7, 11) is 0. The molecule has 1 aromatic heterocycles. The Balaban J connectivity index is 1.39. The van der Waals surface area contributed by atoms with Gasteiger partial charge in [-0.15, -0.1) is 0 Å². The van der Waals surface area contributed by atoms with Gasteiger partial charge in [0.15, 0.2) is 0 Å². The van der Waals surface area contributed by atoms with Crippen LogP contribution in [0.4, 0.5) is 10.1 Å². The molecule has 3 aromatic rings. The zero-order chi connectivity index (χ0) is 21.1. The summed E-state index contributed by atoms with van der Waals surface area (Å²) in [6.07, 6.45) is 5.75. The van der Waals surface area contributed by atoms with E-state index in [1.54, 1.807) is 30.5 Å². The summed E-state index contributed by atoms with van der Waals surface area (Å²) in [6, 6.07) is 15.9. The first-order valence-electron chi connectivity index (χ1n) is 10.4. The van der Waals surface area contributed by atoms with Crippen molar-refractivity contribution in [1.82, 2.24) is 4.98 Å². The lowest BCUT2D eigenvalue weighted by Gasteiger charge is -2.32. The number of rotatable bonds is 4. The van der Waals surface area contributed by atoms with Gasteiger partial charge in [-0.1, -0.05) is 6.92 Å². The second-order valence-corrected chi connectivity index (χ2v) is 8.14. The normalized spacial score (nSPS) is 19.8. The van der Waals surface area contributed by atoms with Gasteiger partial charge in [-0.05, 0) is 85.5 Å². The number of fused-ring (bicyclic) bond motifs is 1. The first-order valence-corrected chi connectivity index (χ1v) is 10.4. The lowest BCUT2D eigenvalue weighted by atomic mass is 9.73. The van der Waals surface area contributed by atoms with Crippen LogP contribution >= 0.6 is 0 Å². The maximum atomic E-state index is 13.5. The second-order valence-electron chi connectivity index (χ2n) is 8.14. The molecule has 1 saturated carbocycles. The summed E-state index contributed by atoms with van der Waals surface area (Å²) in [4.78, 5) is 17.0. The summed E-state index contributed by atoms with van der Waals surface area (Å²) < 4.78 is 13.5. The molecule has 1 aliphatic rings. The van der Waals surface area contributed by atoms with Crippen molar-refractivity contribution >= 4 is 22.5 Å². The molecule has 1 N–H and O–H groups in total. The minimum Gasteiger partial charge on any atom is -0.326 e. The Morgan fingerprint density at radius 1 is 1.13 bits per heavy atom. The maximum absolute atomic E-state index is 13.5. The van der Waals surface area contributed by atoms with Gasteiger partial charge in [0.2, 0.25) is 5.91 Å². The number of halogens is 1. The molecule has 4 rings (SSSR count). The van der Waals surface area contributed by atoms with Crippen molar-refractivity contribution in [3.8, 4) is 6.07 Å². The van der Waals surface area contributed by atoms with Crippen molar-refractivity contribution in [2.45, 2.75) is 38.5 Å². The van der Waals surface area contributed by atoms with Gasteiger partial charge in [0.1, 0.15) is 5.82 Å². The fourth-order valence-corrected chi connectivity index (χ4v) is 4.53. The number of carbonyl (C=O) groups is 1. The van der Waals surface area contributed by atoms with E-state index in [2.05, 4.69) is 16.4 Å². The molecule has 0 saturated heterocycles. The Kier molecular flexibility index (Phi) is 5.76. The molecular weight excluding hydrogens is 377 g/mol. The molecule has 1 fully saturated rings. The van der Waals surface area contributed by atoms with Gasteiger partial charge < -0.3 is 5.32 Å². The first-order chi connectivity index (χ1) is 14.5. The molecule has 0 unspecified atom stereocenters. The number of carbonyl (C=O) groups excluding carboxylic acids is 1. The van der Waals surface area contributed by atoms with Crippen LogP contribution in [-0.2, 0) is 4.79 Å². The highest BCUT2D eigenvalue weighted by Gasteiger charge is 2.30. The molecule has 1 atom stereocenters. The quantitative estimate of drug-likeness (QED) is 0.601. The van der Waals surface area contributed by atoms with Crippen molar-refractivity contribution in [2.75, 3.05) is 5.32 Å². The van der Waals surface area contributed by atoms with Gasteiger partial charge in [0.25, 0.3) is 0 Å². The third-order valence-electron chi connectivity index (χ3n) is 6.35. The standard InChI is InChI=1S/C25H24FN3O/c1-16(25(30)29-21-9-2-17(15-27)3-10-21)18-4-6-19(7-5-18)22-12-13-28-24-14-20(26)8-11-23(22)24/h2-3,8-14,16,18-19H,4-7H2,1H3,(H,29,30)/t16-,18?,19?/m1/s1. The van der Waals surface area contributed by atoms with Crippen LogP contribution in [0.15, 0.2) is 54.7 Å². The summed E-state index contributed by atoms with van der Waals surface area (Å²) >= 11 is 0. The molecule has 30 heavy (non-hydrogen) atoms. The number of nitrogens with one attached hydrogen (secondary N) is 1. The number of benzene rings is 2. The van der Waals surface area contributed by atoms with Gasteiger partial charge in [0, 0.05) is 29.3 Å². The molecule has 0 spiro atoms. The van der Waals surface area contributed by atoms with E-state index >= 15 is 0 Å². The fourth-order valence-electron chi connectivity index (χ4n) is 4.53. The topological polar surface area (TPSA) is 65.8 Å².